The molecule has 1 N–H and O–H groups in total. The lowest BCUT2D eigenvalue weighted by molar-refractivity contribution is 0.0607. The number of hydrogen-bond acceptors (Lipinski definition) is 5. The van der Waals surface area contributed by atoms with E-state index in [-0.39, 0.29) is 12.1 Å². The summed E-state index contributed by atoms with van der Waals surface area (Å²) in [6, 6.07) is 13.1. The number of amides is 1. The molecule has 6 heteroatoms. The third kappa shape index (κ3) is 3.25. The van der Waals surface area contributed by atoms with Gasteiger partial charge in [-0.25, -0.2) is 0 Å². The smallest absolute Gasteiger partial charge is 0.257 e. The molecule has 6 nitrogen and oxygen atoms in total. The first-order valence-electron chi connectivity index (χ1n) is 8.07. The molecule has 0 bridgehead atoms. The van der Waals surface area contributed by atoms with Crippen LogP contribution >= 0.6 is 0 Å². The SMILES string of the molecule is COCCN1C(=O)c2ccccc2NC1c1ccc(OC)cc1OC. The van der Waals surface area contributed by atoms with Gasteiger partial charge in [0.25, 0.3) is 5.91 Å². The summed E-state index contributed by atoms with van der Waals surface area (Å²) in [6.45, 7) is 0.918. The van der Waals surface area contributed by atoms with Crippen molar-refractivity contribution in [2.24, 2.45) is 0 Å². The van der Waals surface area contributed by atoms with E-state index in [1.54, 1.807) is 26.2 Å². The second kappa shape index (κ2) is 7.44. The summed E-state index contributed by atoms with van der Waals surface area (Å²) in [7, 11) is 4.84. The van der Waals surface area contributed by atoms with Crippen LogP contribution in [-0.4, -0.2) is 45.3 Å². The first-order valence-corrected chi connectivity index (χ1v) is 8.07. The fourth-order valence-corrected chi connectivity index (χ4v) is 3.00. The number of carbonyl (C=O) groups excluding carboxylic acids is 1. The van der Waals surface area contributed by atoms with E-state index in [0.717, 1.165) is 11.3 Å². The van der Waals surface area contributed by atoms with Crippen LogP contribution < -0.4 is 14.8 Å². The summed E-state index contributed by atoms with van der Waals surface area (Å²) >= 11 is 0. The Morgan fingerprint density at radius 2 is 1.88 bits per heavy atom. The fourth-order valence-electron chi connectivity index (χ4n) is 3.00. The Balaban J connectivity index is 2.04. The molecule has 3 rings (SSSR count). The molecule has 1 aliphatic rings. The monoisotopic (exact) mass is 342 g/mol. The Hall–Kier alpha value is -2.73. The molecule has 2 aromatic carbocycles. The lowest BCUT2D eigenvalue weighted by Crippen LogP contribution is -2.44. The van der Waals surface area contributed by atoms with Crippen LogP contribution in [-0.2, 0) is 4.74 Å². The molecule has 25 heavy (non-hydrogen) atoms. The molecular formula is C19H22N2O4. The van der Waals surface area contributed by atoms with Crippen molar-refractivity contribution < 1.29 is 19.0 Å². The van der Waals surface area contributed by atoms with Crippen molar-refractivity contribution in [1.29, 1.82) is 0 Å². The average molecular weight is 342 g/mol. The number of nitrogens with one attached hydrogen (secondary N) is 1. The van der Waals surface area contributed by atoms with Crippen molar-refractivity contribution >= 4 is 11.6 Å². The van der Waals surface area contributed by atoms with Crippen LogP contribution in [0.1, 0.15) is 22.1 Å². The summed E-state index contributed by atoms with van der Waals surface area (Å²) in [5.41, 5.74) is 2.33. The fraction of sp³-hybridized carbons (Fsp3) is 0.316. The van der Waals surface area contributed by atoms with Crippen molar-refractivity contribution in [3.8, 4) is 11.5 Å². The number of benzene rings is 2. The van der Waals surface area contributed by atoms with Crippen LogP contribution in [0.4, 0.5) is 5.69 Å². The molecule has 2 aromatic rings. The van der Waals surface area contributed by atoms with Gasteiger partial charge in [0.2, 0.25) is 0 Å². The first-order chi connectivity index (χ1) is 12.2. The largest absolute Gasteiger partial charge is 0.497 e. The number of hydrogen-bond donors (Lipinski definition) is 1. The number of rotatable bonds is 6. The van der Waals surface area contributed by atoms with Crippen molar-refractivity contribution in [3.63, 3.8) is 0 Å². The molecular weight excluding hydrogens is 320 g/mol. The second-order valence-electron chi connectivity index (χ2n) is 5.69. The highest BCUT2D eigenvalue weighted by Gasteiger charge is 2.34. The maximum atomic E-state index is 13.0. The zero-order valence-corrected chi connectivity index (χ0v) is 14.6. The topological polar surface area (TPSA) is 60.0 Å². The number of methoxy groups -OCH3 is 3. The molecule has 132 valence electrons. The molecule has 0 aliphatic carbocycles. The third-order valence-electron chi connectivity index (χ3n) is 4.29. The molecule has 1 amide bonds. The second-order valence-corrected chi connectivity index (χ2v) is 5.69. The van der Waals surface area contributed by atoms with Gasteiger partial charge in [-0.05, 0) is 24.3 Å². The number of ether oxygens (including phenoxy) is 3. The first kappa shape index (κ1) is 17.1. The van der Waals surface area contributed by atoms with E-state index in [9.17, 15) is 4.79 Å². The zero-order valence-electron chi connectivity index (χ0n) is 14.6. The van der Waals surface area contributed by atoms with Gasteiger partial charge in [0.15, 0.2) is 0 Å². The average Bonchev–Trinajstić information content (AvgIpc) is 2.66. The van der Waals surface area contributed by atoms with E-state index in [1.165, 1.54) is 0 Å². The molecule has 1 unspecified atom stereocenters. The summed E-state index contributed by atoms with van der Waals surface area (Å²) < 4.78 is 16.0. The van der Waals surface area contributed by atoms with Crippen LogP contribution in [0.5, 0.6) is 11.5 Å². The Kier molecular flexibility index (Phi) is 5.09. The Morgan fingerprint density at radius 1 is 1.08 bits per heavy atom. The summed E-state index contributed by atoms with van der Waals surface area (Å²) in [5.74, 6) is 1.33. The van der Waals surface area contributed by atoms with E-state index in [4.69, 9.17) is 14.2 Å². The molecule has 0 saturated carbocycles. The predicted molar refractivity (Wildman–Crippen MR) is 95.3 cm³/mol. The van der Waals surface area contributed by atoms with Crippen LogP contribution in [0, 0.1) is 0 Å². The number of carbonyl (C=O) groups is 1. The minimum Gasteiger partial charge on any atom is -0.497 e. The molecule has 0 fully saturated rings. The maximum Gasteiger partial charge on any atom is 0.257 e. The zero-order chi connectivity index (χ0) is 17.8. The predicted octanol–water partition coefficient (Wildman–Crippen LogP) is 2.92. The van der Waals surface area contributed by atoms with Gasteiger partial charge in [-0.2, -0.15) is 0 Å². The minimum atomic E-state index is -0.349. The number of para-hydroxylation sites is 1. The number of fused-ring (bicyclic) bond motifs is 1. The normalized spacial score (nSPS) is 16.2. The van der Waals surface area contributed by atoms with Gasteiger partial charge in [0.1, 0.15) is 17.7 Å². The van der Waals surface area contributed by atoms with Gasteiger partial charge < -0.3 is 24.4 Å². The van der Waals surface area contributed by atoms with Crippen molar-refractivity contribution in [2.75, 3.05) is 39.8 Å². The quantitative estimate of drug-likeness (QED) is 0.875. The summed E-state index contributed by atoms with van der Waals surface area (Å²) in [5, 5.41) is 3.44. The van der Waals surface area contributed by atoms with E-state index < -0.39 is 0 Å². The van der Waals surface area contributed by atoms with Crippen LogP contribution in [0.2, 0.25) is 0 Å². The Morgan fingerprint density at radius 3 is 2.60 bits per heavy atom. The van der Waals surface area contributed by atoms with Crippen molar-refractivity contribution in [3.05, 3.63) is 53.6 Å². The van der Waals surface area contributed by atoms with Gasteiger partial charge >= 0.3 is 0 Å². The highest BCUT2D eigenvalue weighted by Crippen LogP contribution is 2.37. The van der Waals surface area contributed by atoms with Gasteiger partial charge in [-0.1, -0.05) is 12.1 Å². The van der Waals surface area contributed by atoms with E-state index in [1.807, 2.05) is 42.5 Å². The van der Waals surface area contributed by atoms with Gasteiger partial charge in [-0.3, -0.25) is 4.79 Å². The molecule has 0 aromatic heterocycles. The van der Waals surface area contributed by atoms with Gasteiger partial charge in [-0.15, -0.1) is 0 Å². The lowest BCUT2D eigenvalue weighted by Gasteiger charge is -2.38. The molecule has 1 heterocycles. The van der Waals surface area contributed by atoms with Crippen molar-refractivity contribution in [2.45, 2.75) is 6.17 Å². The Labute approximate surface area is 147 Å². The van der Waals surface area contributed by atoms with E-state index in [2.05, 4.69) is 5.32 Å². The molecule has 0 spiro atoms. The van der Waals surface area contributed by atoms with Crippen molar-refractivity contribution in [1.82, 2.24) is 4.90 Å². The van der Waals surface area contributed by atoms with Crippen LogP contribution in [0.3, 0.4) is 0 Å². The lowest BCUT2D eigenvalue weighted by atomic mass is 10.0. The van der Waals surface area contributed by atoms with Crippen LogP contribution in [0.25, 0.3) is 0 Å². The number of anilines is 1. The number of nitrogens with zero attached hydrogens (tertiary/aromatic N) is 1. The van der Waals surface area contributed by atoms with Crippen LogP contribution in [0.15, 0.2) is 42.5 Å². The standard InChI is InChI=1S/C19H22N2O4/c1-23-11-10-21-18(15-9-8-13(24-2)12-17(15)25-3)20-16-7-5-4-6-14(16)19(21)22/h4-9,12,18,20H,10-11H2,1-3H3. The molecule has 0 saturated heterocycles. The van der Waals surface area contributed by atoms with E-state index >= 15 is 0 Å². The summed E-state index contributed by atoms with van der Waals surface area (Å²) in [6.07, 6.45) is -0.349. The highest BCUT2D eigenvalue weighted by molar-refractivity contribution is 6.01. The van der Waals surface area contributed by atoms with E-state index in [0.29, 0.717) is 30.2 Å². The van der Waals surface area contributed by atoms with Gasteiger partial charge in [0, 0.05) is 31.0 Å². The van der Waals surface area contributed by atoms with Gasteiger partial charge in [0.05, 0.1) is 26.4 Å². The molecule has 1 atom stereocenters. The highest BCUT2D eigenvalue weighted by atomic mass is 16.5. The Bertz CT molecular complexity index is 763. The molecule has 0 radical (unpaired) electrons. The molecule has 1 aliphatic heterocycles. The summed E-state index contributed by atoms with van der Waals surface area (Å²) in [4.78, 5) is 14.8. The maximum absolute atomic E-state index is 13.0. The third-order valence-corrected chi connectivity index (χ3v) is 4.29. The minimum absolute atomic E-state index is 0.0331.